The standard InChI is InChI=1S/C17H21N3O3/c1-11(2)20(12-7-8-12)15(21)9-10-19-17(23)14-6-4-3-5-13(14)16(22)18-19/h3-6,11-12H,7-10H2,1-2H3,(H,18,22). The van der Waals surface area contributed by atoms with Gasteiger partial charge < -0.3 is 4.90 Å². The highest BCUT2D eigenvalue weighted by Crippen LogP contribution is 2.29. The zero-order valence-corrected chi connectivity index (χ0v) is 13.4. The summed E-state index contributed by atoms with van der Waals surface area (Å²) in [5.41, 5.74) is -0.578. The topological polar surface area (TPSA) is 75.2 Å². The second-order valence-electron chi connectivity index (χ2n) is 6.32. The van der Waals surface area contributed by atoms with Gasteiger partial charge in [-0.05, 0) is 38.8 Å². The molecule has 122 valence electrons. The number of benzene rings is 1. The average Bonchev–Trinajstić information content (AvgIpc) is 3.34. The monoisotopic (exact) mass is 315 g/mol. The normalized spacial score (nSPS) is 14.4. The maximum absolute atomic E-state index is 12.4. The molecule has 0 bridgehead atoms. The predicted octanol–water partition coefficient (Wildman–Crippen LogP) is 1.48. The fourth-order valence-corrected chi connectivity index (χ4v) is 3.01. The molecule has 6 heteroatoms. The van der Waals surface area contributed by atoms with Gasteiger partial charge in [0.05, 0.1) is 17.3 Å². The number of amides is 1. The third-order valence-corrected chi connectivity index (χ3v) is 4.22. The third-order valence-electron chi connectivity index (χ3n) is 4.22. The molecule has 0 radical (unpaired) electrons. The van der Waals surface area contributed by atoms with Crippen LogP contribution >= 0.6 is 0 Å². The first kappa shape index (κ1) is 15.5. The molecule has 1 aromatic carbocycles. The number of nitrogens with one attached hydrogen (secondary N) is 1. The van der Waals surface area contributed by atoms with Gasteiger partial charge in [-0.15, -0.1) is 0 Å². The Kier molecular flexibility index (Phi) is 4.07. The Hall–Kier alpha value is -2.37. The molecule has 1 amide bonds. The molecule has 0 unspecified atom stereocenters. The van der Waals surface area contributed by atoms with E-state index in [1.54, 1.807) is 24.3 Å². The molecule has 1 fully saturated rings. The highest BCUT2D eigenvalue weighted by Gasteiger charge is 2.33. The summed E-state index contributed by atoms with van der Waals surface area (Å²) in [6.45, 7) is 4.19. The van der Waals surface area contributed by atoms with Gasteiger partial charge in [0.2, 0.25) is 5.91 Å². The Morgan fingerprint density at radius 2 is 1.91 bits per heavy atom. The molecule has 0 spiro atoms. The average molecular weight is 315 g/mol. The summed E-state index contributed by atoms with van der Waals surface area (Å²) >= 11 is 0. The van der Waals surface area contributed by atoms with Crippen LogP contribution < -0.4 is 11.1 Å². The number of carbonyl (C=O) groups excluding carboxylic acids is 1. The van der Waals surface area contributed by atoms with E-state index in [-0.39, 0.29) is 36.0 Å². The molecule has 1 saturated carbocycles. The van der Waals surface area contributed by atoms with Crippen molar-refractivity contribution in [3.8, 4) is 0 Å². The van der Waals surface area contributed by atoms with Crippen molar-refractivity contribution < 1.29 is 4.79 Å². The van der Waals surface area contributed by atoms with Crippen LogP contribution in [0.3, 0.4) is 0 Å². The molecule has 1 aromatic heterocycles. The van der Waals surface area contributed by atoms with Crippen LogP contribution in [0.15, 0.2) is 33.9 Å². The molecule has 0 atom stereocenters. The van der Waals surface area contributed by atoms with Crippen molar-refractivity contribution in [3.63, 3.8) is 0 Å². The van der Waals surface area contributed by atoms with E-state index in [2.05, 4.69) is 5.10 Å². The lowest BCUT2D eigenvalue weighted by Gasteiger charge is -2.26. The quantitative estimate of drug-likeness (QED) is 0.908. The summed E-state index contributed by atoms with van der Waals surface area (Å²) in [5, 5.41) is 3.32. The molecule has 23 heavy (non-hydrogen) atoms. The first-order valence-corrected chi connectivity index (χ1v) is 8.02. The first-order chi connectivity index (χ1) is 11.0. The largest absolute Gasteiger partial charge is 0.337 e. The molecule has 1 aliphatic rings. The Bertz CT molecular complexity index is 844. The summed E-state index contributed by atoms with van der Waals surface area (Å²) < 4.78 is 1.24. The minimum atomic E-state index is -0.310. The summed E-state index contributed by atoms with van der Waals surface area (Å²) in [7, 11) is 0. The summed E-state index contributed by atoms with van der Waals surface area (Å²) in [4.78, 5) is 38.8. The number of nitrogens with zero attached hydrogens (tertiary/aromatic N) is 2. The van der Waals surface area contributed by atoms with E-state index in [0.717, 1.165) is 12.8 Å². The van der Waals surface area contributed by atoms with Crippen LogP contribution in [-0.4, -0.2) is 32.7 Å². The fraction of sp³-hybridized carbons (Fsp3) is 0.471. The third kappa shape index (κ3) is 3.06. The Labute approximate surface area is 133 Å². The number of aryl methyl sites for hydroxylation is 1. The predicted molar refractivity (Wildman–Crippen MR) is 88.4 cm³/mol. The molecule has 1 heterocycles. The number of H-pyrrole nitrogens is 1. The van der Waals surface area contributed by atoms with E-state index < -0.39 is 0 Å². The lowest BCUT2D eigenvalue weighted by Crippen LogP contribution is -2.40. The molecule has 2 aromatic rings. The van der Waals surface area contributed by atoms with Gasteiger partial charge in [0.1, 0.15) is 0 Å². The zero-order valence-electron chi connectivity index (χ0n) is 13.4. The second kappa shape index (κ2) is 6.02. The summed E-state index contributed by atoms with van der Waals surface area (Å²) in [6.07, 6.45) is 2.32. The van der Waals surface area contributed by atoms with Crippen LogP contribution in [0.2, 0.25) is 0 Å². The summed E-state index contributed by atoms with van der Waals surface area (Å²) in [5.74, 6) is 0.0309. The zero-order chi connectivity index (χ0) is 16.6. The van der Waals surface area contributed by atoms with E-state index in [9.17, 15) is 14.4 Å². The minimum absolute atomic E-state index is 0.0309. The van der Waals surface area contributed by atoms with Crippen LogP contribution in [0.5, 0.6) is 0 Å². The van der Waals surface area contributed by atoms with Gasteiger partial charge in [0.25, 0.3) is 11.1 Å². The van der Waals surface area contributed by atoms with Gasteiger partial charge in [0.15, 0.2) is 0 Å². The molecule has 1 aliphatic carbocycles. The molecule has 1 N–H and O–H groups in total. The summed E-state index contributed by atoms with van der Waals surface area (Å²) in [6, 6.07) is 7.21. The number of aromatic nitrogens is 2. The van der Waals surface area contributed by atoms with Crippen molar-refractivity contribution in [1.82, 2.24) is 14.7 Å². The van der Waals surface area contributed by atoms with Gasteiger partial charge in [-0.2, -0.15) is 0 Å². The smallest absolute Gasteiger partial charge is 0.273 e. The molecular weight excluding hydrogens is 294 g/mol. The highest BCUT2D eigenvalue weighted by molar-refractivity contribution is 5.80. The van der Waals surface area contributed by atoms with Crippen molar-refractivity contribution in [2.24, 2.45) is 0 Å². The Morgan fingerprint density at radius 1 is 1.26 bits per heavy atom. The van der Waals surface area contributed by atoms with E-state index >= 15 is 0 Å². The van der Waals surface area contributed by atoms with E-state index in [1.165, 1.54) is 4.68 Å². The maximum Gasteiger partial charge on any atom is 0.273 e. The lowest BCUT2D eigenvalue weighted by molar-refractivity contribution is -0.133. The number of hydrogen-bond donors (Lipinski definition) is 1. The number of hydrogen-bond acceptors (Lipinski definition) is 3. The van der Waals surface area contributed by atoms with Crippen molar-refractivity contribution >= 4 is 16.7 Å². The number of fused-ring (bicyclic) bond motifs is 1. The molecule has 6 nitrogen and oxygen atoms in total. The highest BCUT2D eigenvalue weighted by atomic mass is 16.2. The van der Waals surface area contributed by atoms with Crippen molar-refractivity contribution in [2.75, 3.05) is 0 Å². The van der Waals surface area contributed by atoms with E-state index in [0.29, 0.717) is 16.8 Å². The second-order valence-corrected chi connectivity index (χ2v) is 6.32. The Balaban J connectivity index is 1.82. The van der Waals surface area contributed by atoms with Gasteiger partial charge in [0, 0.05) is 18.5 Å². The van der Waals surface area contributed by atoms with Crippen molar-refractivity contribution in [2.45, 2.75) is 51.7 Å². The molecule has 0 saturated heterocycles. The minimum Gasteiger partial charge on any atom is -0.337 e. The van der Waals surface area contributed by atoms with Crippen molar-refractivity contribution in [1.29, 1.82) is 0 Å². The van der Waals surface area contributed by atoms with Gasteiger partial charge in [-0.3, -0.25) is 19.5 Å². The first-order valence-electron chi connectivity index (χ1n) is 8.02. The molecule has 3 rings (SSSR count). The lowest BCUT2D eigenvalue weighted by atomic mass is 10.2. The van der Waals surface area contributed by atoms with Crippen LogP contribution in [0, 0.1) is 0 Å². The van der Waals surface area contributed by atoms with Gasteiger partial charge in [-0.25, -0.2) is 4.68 Å². The van der Waals surface area contributed by atoms with E-state index in [1.807, 2.05) is 18.7 Å². The van der Waals surface area contributed by atoms with Gasteiger partial charge in [-0.1, -0.05) is 12.1 Å². The SMILES string of the molecule is CC(C)N(C(=O)CCn1[nH]c(=O)c2ccccc2c1=O)C1CC1. The van der Waals surface area contributed by atoms with E-state index in [4.69, 9.17) is 0 Å². The van der Waals surface area contributed by atoms with Crippen molar-refractivity contribution in [3.05, 3.63) is 45.0 Å². The van der Waals surface area contributed by atoms with Crippen LogP contribution in [0.4, 0.5) is 0 Å². The number of carbonyl (C=O) groups is 1. The molecule has 0 aliphatic heterocycles. The Morgan fingerprint density at radius 3 is 2.52 bits per heavy atom. The molecular formula is C17H21N3O3. The van der Waals surface area contributed by atoms with Crippen LogP contribution in [0.25, 0.3) is 10.8 Å². The fourth-order valence-electron chi connectivity index (χ4n) is 3.01. The van der Waals surface area contributed by atoms with Gasteiger partial charge >= 0.3 is 0 Å². The van der Waals surface area contributed by atoms with Crippen LogP contribution in [0.1, 0.15) is 33.1 Å². The van der Waals surface area contributed by atoms with Crippen LogP contribution in [-0.2, 0) is 11.3 Å². The number of rotatable bonds is 5. The number of aromatic amines is 1. The maximum atomic E-state index is 12.4.